The van der Waals surface area contributed by atoms with E-state index in [-0.39, 0.29) is 21.9 Å². The number of nitro groups is 1. The second kappa shape index (κ2) is 6.89. The molecule has 0 heterocycles. The summed E-state index contributed by atoms with van der Waals surface area (Å²) in [6.45, 7) is 0. The number of esters is 2. The molecule has 7 nitrogen and oxygen atoms in total. The zero-order valence-electron chi connectivity index (χ0n) is 11.8. The van der Waals surface area contributed by atoms with Crippen LogP contribution in [0.1, 0.15) is 20.7 Å². The van der Waals surface area contributed by atoms with Gasteiger partial charge in [0.05, 0.1) is 17.6 Å². The molecule has 118 valence electrons. The summed E-state index contributed by atoms with van der Waals surface area (Å²) in [7, 11) is 1.24. The molecule has 0 fully saturated rings. The number of halogens is 1. The summed E-state index contributed by atoms with van der Waals surface area (Å²) in [5.74, 6) is -1.34. The predicted molar refractivity (Wildman–Crippen MR) is 80.8 cm³/mol. The molecule has 2 aromatic rings. The van der Waals surface area contributed by atoms with Gasteiger partial charge in [-0.3, -0.25) is 10.1 Å². The van der Waals surface area contributed by atoms with Gasteiger partial charge in [-0.1, -0.05) is 11.6 Å². The van der Waals surface area contributed by atoms with E-state index in [0.29, 0.717) is 0 Å². The largest absolute Gasteiger partial charge is 0.465 e. The van der Waals surface area contributed by atoms with Crippen LogP contribution in [0.4, 0.5) is 5.69 Å². The Hall–Kier alpha value is -2.93. The molecule has 0 atom stereocenters. The number of hydrogen-bond acceptors (Lipinski definition) is 6. The van der Waals surface area contributed by atoms with Crippen LogP contribution in [0.5, 0.6) is 5.75 Å². The van der Waals surface area contributed by atoms with Crippen LogP contribution in [-0.4, -0.2) is 24.0 Å². The Balaban J connectivity index is 2.24. The van der Waals surface area contributed by atoms with Crippen LogP contribution in [0.15, 0.2) is 42.5 Å². The van der Waals surface area contributed by atoms with Gasteiger partial charge >= 0.3 is 11.9 Å². The normalized spacial score (nSPS) is 10.0. The average molecular weight is 336 g/mol. The number of benzene rings is 2. The summed E-state index contributed by atoms with van der Waals surface area (Å²) in [5.41, 5.74) is -0.397. The third-order valence-corrected chi connectivity index (χ3v) is 3.10. The van der Waals surface area contributed by atoms with Crippen molar-refractivity contribution in [2.75, 3.05) is 7.11 Å². The van der Waals surface area contributed by atoms with Crippen LogP contribution in [0.25, 0.3) is 0 Å². The molecule has 0 N–H and O–H groups in total. The van der Waals surface area contributed by atoms with Crippen molar-refractivity contribution in [1.82, 2.24) is 0 Å². The molecule has 0 aromatic heterocycles. The maximum atomic E-state index is 12.1. The zero-order valence-corrected chi connectivity index (χ0v) is 12.6. The van der Waals surface area contributed by atoms with Crippen molar-refractivity contribution in [3.8, 4) is 5.75 Å². The second-order valence-electron chi connectivity index (χ2n) is 4.32. The first-order valence-corrected chi connectivity index (χ1v) is 6.64. The fraction of sp³-hybridized carbons (Fsp3) is 0.0667. The standard InChI is InChI=1S/C15H10ClNO6/c1-22-14(18)9-2-5-11(6-3-9)23-15(19)12-8-10(16)4-7-13(12)17(20)21/h2-8H,1H3. The van der Waals surface area contributed by atoms with E-state index in [1.807, 2.05) is 0 Å². The van der Waals surface area contributed by atoms with Gasteiger partial charge in [-0.25, -0.2) is 9.59 Å². The molecule has 0 saturated carbocycles. The first-order valence-electron chi connectivity index (χ1n) is 6.27. The maximum Gasteiger partial charge on any atom is 0.350 e. The predicted octanol–water partition coefficient (Wildman–Crippen LogP) is 3.25. The van der Waals surface area contributed by atoms with Crippen LogP contribution in [-0.2, 0) is 4.74 Å². The molecule has 0 aliphatic rings. The van der Waals surface area contributed by atoms with Crippen molar-refractivity contribution in [2.45, 2.75) is 0 Å². The molecule has 0 bridgehead atoms. The van der Waals surface area contributed by atoms with Crippen molar-refractivity contribution in [3.05, 3.63) is 68.7 Å². The molecular weight excluding hydrogens is 326 g/mol. The number of nitro benzene ring substituents is 1. The Labute approximate surface area is 135 Å². The van der Waals surface area contributed by atoms with E-state index in [4.69, 9.17) is 16.3 Å². The lowest BCUT2D eigenvalue weighted by atomic mass is 10.2. The number of nitrogens with zero attached hydrogens (tertiary/aromatic N) is 1. The van der Waals surface area contributed by atoms with Crippen molar-refractivity contribution in [1.29, 1.82) is 0 Å². The van der Waals surface area contributed by atoms with E-state index >= 15 is 0 Å². The summed E-state index contributed by atoms with van der Waals surface area (Å²) in [6.07, 6.45) is 0. The minimum absolute atomic E-state index is 0.122. The Kier molecular flexibility index (Phi) is 4.92. The summed E-state index contributed by atoms with van der Waals surface area (Å²) < 4.78 is 9.61. The van der Waals surface area contributed by atoms with Gasteiger partial charge in [0.25, 0.3) is 5.69 Å². The Morgan fingerprint density at radius 3 is 2.30 bits per heavy atom. The third-order valence-electron chi connectivity index (χ3n) is 2.86. The quantitative estimate of drug-likeness (QED) is 0.368. The summed E-state index contributed by atoms with van der Waals surface area (Å²) >= 11 is 5.76. The highest BCUT2D eigenvalue weighted by molar-refractivity contribution is 6.31. The van der Waals surface area contributed by atoms with E-state index in [2.05, 4.69) is 4.74 Å². The lowest BCUT2D eigenvalue weighted by Crippen LogP contribution is -2.11. The lowest BCUT2D eigenvalue weighted by Gasteiger charge is -2.06. The van der Waals surface area contributed by atoms with Crippen molar-refractivity contribution in [3.63, 3.8) is 0 Å². The van der Waals surface area contributed by atoms with E-state index in [1.165, 1.54) is 37.4 Å². The molecule has 0 unspecified atom stereocenters. The SMILES string of the molecule is COC(=O)c1ccc(OC(=O)c2cc(Cl)ccc2[N+](=O)[O-])cc1. The first-order chi connectivity index (χ1) is 10.9. The molecule has 23 heavy (non-hydrogen) atoms. The number of rotatable bonds is 4. The van der Waals surface area contributed by atoms with Crippen LogP contribution >= 0.6 is 11.6 Å². The van der Waals surface area contributed by atoms with Gasteiger partial charge in [-0.05, 0) is 36.4 Å². The van der Waals surface area contributed by atoms with E-state index in [0.717, 1.165) is 12.1 Å². The third kappa shape index (κ3) is 3.83. The Morgan fingerprint density at radius 2 is 1.74 bits per heavy atom. The van der Waals surface area contributed by atoms with Gasteiger partial charge in [-0.15, -0.1) is 0 Å². The van der Waals surface area contributed by atoms with Gasteiger partial charge in [0.2, 0.25) is 0 Å². The van der Waals surface area contributed by atoms with Crippen molar-refractivity contribution < 1.29 is 24.0 Å². The monoisotopic (exact) mass is 335 g/mol. The smallest absolute Gasteiger partial charge is 0.350 e. The zero-order chi connectivity index (χ0) is 17.0. The van der Waals surface area contributed by atoms with Crippen LogP contribution in [0.3, 0.4) is 0 Å². The van der Waals surface area contributed by atoms with Crippen LogP contribution in [0, 0.1) is 10.1 Å². The highest BCUT2D eigenvalue weighted by atomic mass is 35.5. The molecule has 0 aliphatic carbocycles. The number of carbonyl (C=O) groups excluding carboxylic acids is 2. The van der Waals surface area contributed by atoms with Gasteiger partial charge in [0.1, 0.15) is 11.3 Å². The minimum atomic E-state index is -0.926. The second-order valence-corrected chi connectivity index (χ2v) is 4.76. The topological polar surface area (TPSA) is 95.7 Å². The molecule has 0 aliphatic heterocycles. The minimum Gasteiger partial charge on any atom is -0.465 e. The summed E-state index contributed by atoms with van der Waals surface area (Å²) in [6, 6.07) is 9.15. The van der Waals surface area contributed by atoms with E-state index in [9.17, 15) is 19.7 Å². The Morgan fingerprint density at radius 1 is 1.09 bits per heavy atom. The maximum absolute atomic E-state index is 12.1. The molecular formula is C15H10ClNO6. The number of hydrogen-bond donors (Lipinski definition) is 0. The molecule has 0 radical (unpaired) electrons. The van der Waals surface area contributed by atoms with Gasteiger partial charge in [0.15, 0.2) is 0 Å². The summed E-state index contributed by atoms with van der Waals surface area (Å²) in [4.78, 5) is 33.6. The number of ether oxygens (including phenoxy) is 2. The molecule has 2 aromatic carbocycles. The van der Waals surface area contributed by atoms with Crippen LogP contribution in [0.2, 0.25) is 5.02 Å². The fourth-order valence-corrected chi connectivity index (χ4v) is 1.94. The first kappa shape index (κ1) is 16.4. The van der Waals surface area contributed by atoms with E-state index in [1.54, 1.807) is 0 Å². The Bertz CT molecular complexity index is 772. The number of methoxy groups -OCH3 is 1. The highest BCUT2D eigenvalue weighted by Gasteiger charge is 2.22. The van der Waals surface area contributed by atoms with Gasteiger partial charge in [-0.2, -0.15) is 0 Å². The average Bonchev–Trinajstić information content (AvgIpc) is 2.54. The van der Waals surface area contributed by atoms with Gasteiger partial charge in [0, 0.05) is 11.1 Å². The molecule has 0 amide bonds. The molecule has 2 rings (SSSR count). The molecule has 8 heteroatoms. The highest BCUT2D eigenvalue weighted by Crippen LogP contribution is 2.24. The van der Waals surface area contributed by atoms with Crippen molar-refractivity contribution in [2.24, 2.45) is 0 Å². The summed E-state index contributed by atoms with van der Waals surface area (Å²) in [5, 5.41) is 11.1. The van der Waals surface area contributed by atoms with Crippen LogP contribution < -0.4 is 4.74 Å². The van der Waals surface area contributed by atoms with Crippen molar-refractivity contribution >= 4 is 29.2 Å². The lowest BCUT2D eigenvalue weighted by molar-refractivity contribution is -0.385. The molecule has 0 spiro atoms. The number of carbonyl (C=O) groups is 2. The van der Waals surface area contributed by atoms with E-state index < -0.39 is 22.5 Å². The fourth-order valence-electron chi connectivity index (χ4n) is 1.77. The molecule has 0 saturated heterocycles. The van der Waals surface area contributed by atoms with Gasteiger partial charge < -0.3 is 9.47 Å².